The van der Waals surface area contributed by atoms with E-state index in [0.717, 1.165) is 10.9 Å². The highest BCUT2D eigenvalue weighted by atomic mass is 16.4. The molecular formula is C26H38N8O8. The zero-order chi connectivity index (χ0) is 31.4. The molecule has 0 fully saturated rings. The number of aromatic amines is 1. The summed E-state index contributed by atoms with van der Waals surface area (Å²) in [6.45, 7) is 1.44. The minimum absolute atomic E-state index is 0.00427. The number of H-pyrrole nitrogens is 1. The van der Waals surface area contributed by atoms with Crippen LogP contribution < -0.4 is 32.7 Å². The van der Waals surface area contributed by atoms with Crippen LogP contribution in [-0.4, -0.2) is 92.7 Å². The molecule has 0 unspecified atom stereocenters. The van der Waals surface area contributed by atoms with Crippen molar-refractivity contribution in [1.29, 1.82) is 5.41 Å². The Labute approximate surface area is 241 Å². The van der Waals surface area contributed by atoms with Crippen LogP contribution in [0.3, 0.4) is 0 Å². The highest BCUT2D eigenvalue weighted by molar-refractivity contribution is 5.95. The summed E-state index contributed by atoms with van der Waals surface area (Å²) in [7, 11) is 0. The number of nitrogens with one attached hydrogen (secondary N) is 6. The van der Waals surface area contributed by atoms with Gasteiger partial charge in [0.2, 0.25) is 17.7 Å². The molecule has 1 aromatic heterocycles. The summed E-state index contributed by atoms with van der Waals surface area (Å²) in [5, 5.41) is 46.4. The van der Waals surface area contributed by atoms with Crippen molar-refractivity contribution < 1.29 is 39.3 Å². The summed E-state index contributed by atoms with van der Waals surface area (Å²) in [6.07, 6.45) is -0.197. The number of benzene rings is 1. The van der Waals surface area contributed by atoms with Crippen LogP contribution >= 0.6 is 0 Å². The summed E-state index contributed by atoms with van der Waals surface area (Å²) in [6, 6.07) is 1.74. The molecule has 0 spiro atoms. The van der Waals surface area contributed by atoms with Crippen molar-refractivity contribution in [2.45, 2.75) is 69.3 Å². The van der Waals surface area contributed by atoms with Crippen molar-refractivity contribution in [1.82, 2.24) is 26.3 Å². The summed E-state index contributed by atoms with van der Waals surface area (Å²) >= 11 is 0. The molecule has 0 aliphatic carbocycles. The first-order valence-electron chi connectivity index (χ1n) is 13.2. The third-order valence-electron chi connectivity index (χ3n) is 6.40. The Balaban J connectivity index is 2.25. The number of hydrogen-bond donors (Lipinski definition) is 11. The number of aliphatic carboxylic acids is 2. The number of rotatable bonds is 17. The molecular weight excluding hydrogens is 552 g/mol. The Morgan fingerprint density at radius 3 is 2.26 bits per heavy atom. The fourth-order valence-electron chi connectivity index (χ4n) is 4.13. The predicted octanol–water partition coefficient (Wildman–Crippen LogP) is -1.91. The van der Waals surface area contributed by atoms with Crippen LogP contribution in [0.1, 0.15) is 38.2 Å². The minimum atomic E-state index is -1.56. The first kappa shape index (κ1) is 33.5. The third kappa shape index (κ3) is 10.4. The van der Waals surface area contributed by atoms with Gasteiger partial charge in [-0.3, -0.25) is 24.6 Å². The highest BCUT2D eigenvalue weighted by Gasteiger charge is 2.33. The van der Waals surface area contributed by atoms with Crippen LogP contribution in [0.15, 0.2) is 30.5 Å². The Morgan fingerprint density at radius 1 is 0.976 bits per heavy atom. The van der Waals surface area contributed by atoms with Crippen LogP contribution in [-0.2, 0) is 30.4 Å². The molecule has 5 atom stereocenters. The lowest BCUT2D eigenvalue weighted by atomic mass is 10.0. The number of carbonyl (C=O) groups is 5. The van der Waals surface area contributed by atoms with Gasteiger partial charge in [-0.1, -0.05) is 18.2 Å². The molecule has 13 N–H and O–H groups in total. The van der Waals surface area contributed by atoms with E-state index in [0.29, 0.717) is 5.56 Å². The molecule has 1 aromatic carbocycles. The highest BCUT2D eigenvalue weighted by Crippen LogP contribution is 2.19. The van der Waals surface area contributed by atoms with Gasteiger partial charge in [0.15, 0.2) is 5.96 Å². The number of amides is 3. The summed E-state index contributed by atoms with van der Waals surface area (Å²) in [5.41, 5.74) is 12.4. The number of fused-ring (bicyclic) bond motifs is 1. The second-order valence-corrected chi connectivity index (χ2v) is 9.77. The minimum Gasteiger partial charge on any atom is -0.481 e. The fourth-order valence-corrected chi connectivity index (χ4v) is 4.13. The van der Waals surface area contributed by atoms with Gasteiger partial charge >= 0.3 is 11.9 Å². The van der Waals surface area contributed by atoms with Crippen LogP contribution in [0.25, 0.3) is 10.9 Å². The molecule has 16 heteroatoms. The van der Waals surface area contributed by atoms with Crippen molar-refractivity contribution in [2.75, 3.05) is 6.54 Å². The number of aromatic nitrogens is 1. The molecule has 2 rings (SSSR count). The Morgan fingerprint density at radius 2 is 1.64 bits per heavy atom. The van der Waals surface area contributed by atoms with Crippen molar-refractivity contribution in [3.8, 4) is 0 Å². The van der Waals surface area contributed by atoms with Gasteiger partial charge in [-0.2, -0.15) is 0 Å². The van der Waals surface area contributed by atoms with Crippen LogP contribution in [0, 0.1) is 5.41 Å². The van der Waals surface area contributed by atoms with E-state index in [4.69, 9.17) is 22.0 Å². The maximum absolute atomic E-state index is 13.4. The number of carboxylic acid groups (broad SMARTS) is 2. The van der Waals surface area contributed by atoms with E-state index < -0.39 is 59.9 Å². The summed E-state index contributed by atoms with van der Waals surface area (Å²) in [4.78, 5) is 64.8. The van der Waals surface area contributed by atoms with Crippen LogP contribution in [0.5, 0.6) is 0 Å². The van der Waals surface area contributed by atoms with Crippen molar-refractivity contribution in [3.63, 3.8) is 0 Å². The Bertz CT molecular complexity index is 1280. The topological polar surface area (TPSA) is 286 Å². The maximum atomic E-state index is 13.4. The van der Waals surface area contributed by atoms with Gasteiger partial charge in [-0.15, -0.1) is 0 Å². The number of carbonyl (C=O) groups excluding carboxylic acids is 3. The molecule has 42 heavy (non-hydrogen) atoms. The Kier molecular flexibility index (Phi) is 12.7. The SMILES string of the molecule is C[C@@H](O)[C@H](NC(=O)[C@@H](N)CCC(=O)O)C(=O)N[C@@H](Cc1c[nH]c2ccccc12)C(=O)N[C@@H](CCCNC(=N)N)C(=O)O. The largest absolute Gasteiger partial charge is 0.481 e. The molecule has 230 valence electrons. The molecule has 0 aliphatic rings. The third-order valence-corrected chi connectivity index (χ3v) is 6.40. The first-order chi connectivity index (χ1) is 19.8. The quantitative estimate of drug-likeness (QED) is 0.0548. The molecule has 0 bridgehead atoms. The molecule has 0 saturated heterocycles. The second-order valence-electron chi connectivity index (χ2n) is 9.77. The van der Waals surface area contributed by atoms with Crippen LogP contribution in [0.4, 0.5) is 0 Å². The Hall–Kier alpha value is -4.70. The number of nitrogens with two attached hydrogens (primary N) is 2. The molecule has 3 amide bonds. The molecule has 1 heterocycles. The number of hydrogen-bond acceptors (Lipinski definition) is 8. The number of para-hydroxylation sites is 1. The second kappa shape index (κ2) is 15.9. The average Bonchev–Trinajstić information content (AvgIpc) is 3.33. The van der Waals surface area contributed by atoms with E-state index in [1.54, 1.807) is 18.3 Å². The van der Waals surface area contributed by atoms with E-state index in [9.17, 15) is 34.2 Å². The molecule has 0 radical (unpaired) electrons. The van der Waals surface area contributed by atoms with E-state index >= 15 is 0 Å². The van der Waals surface area contributed by atoms with Gasteiger partial charge in [0.05, 0.1) is 12.1 Å². The normalized spacial score (nSPS) is 14.5. The van der Waals surface area contributed by atoms with Crippen molar-refractivity contribution in [2.24, 2.45) is 11.5 Å². The zero-order valence-electron chi connectivity index (χ0n) is 23.1. The van der Waals surface area contributed by atoms with Gasteiger partial charge in [-0.25, -0.2) is 4.79 Å². The van der Waals surface area contributed by atoms with Gasteiger partial charge in [0.1, 0.15) is 18.1 Å². The van der Waals surface area contributed by atoms with Gasteiger partial charge < -0.3 is 53.0 Å². The molecule has 16 nitrogen and oxygen atoms in total. The summed E-state index contributed by atoms with van der Waals surface area (Å²) < 4.78 is 0. The van der Waals surface area contributed by atoms with Crippen molar-refractivity contribution >= 4 is 46.5 Å². The van der Waals surface area contributed by atoms with E-state index in [-0.39, 0.29) is 44.6 Å². The lowest BCUT2D eigenvalue weighted by Crippen LogP contribution is -2.60. The molecule has 0 aliphatic heterocycles. The first-order valence-corrected chi connectivity index (χ1v) is 13.2. The lowest BCUT2D eigenvalue weighted by molar-refractivity contribution is -0.142. The molecule has 0 saturated carbocycles. The number of carboxylic acids is 2. The van der Waals surface area contributed by atoms with E-state index in [1.807, 2.05) is 12.1 Å². The summed E-state index contributed by atoms with van der Waals surface area (Å²) in [5.74, 6) is -5.40. The number of guanidine groups is 1. The van der Waals surface area contributed by atoms with E-state index in [1.165, 1.54) is 6.92 Å². The smallest absolute Gasteiger partial charge is 0.326 e. The zero-order valence-corrected chi connectivity index (χ0v) is 23.1. The monoisotopic (exact) mass is 590 g/mol. The van der Waals surface area contributed by atoms with Gasteiger partial charge in [0, 0.05) is 36.5 Å². The maximum Gasteiger partial charge on any atom is 0.326 e. The van der Waals surface area contributed by atoms with Gasteiger partial charge in [0.25, 0.3) is 0 Å². The van der Waals surface area contributed by atoms with Crippen molar-refractivity contribution in [3.05, 3.63) is 36.0 Å². The fraction of sp³-hybridized carbons (Fsp3) is 0.462. The number of aliphatic hydroxyl groups excluding tert-OH is 1. The van der Waals surface area contributed by atoms with E-state index in [2.05, 4.69) is 26.3 Å². The standard InChI is InChI=1S/C26H38N8O8/c1-13(35)21(34-22(38)16(27)8-9-20(36)37)24(40)33-19(11-14-12-31-17-6-3-2-5-15(14)17)23(39)32-18(25(41)42)7-4-10-30-26(28)29/h2-3,5-6,12-13,16,18-19,21,31,35H,4,7-11,27H2,1H3,(H,32,39)(H,33,40)(H,34,38)(H,36,37)(H,41,42)(H4,28,29,30)/t13-,16+,18+,19+,21+/m1/s1. The van der Waals surface area contributed by atoms with Crippen LogP contribution in [0.2, 0.25) is 0 Å². The average molecular weight is 591 g/mol. The molecule has 2 aromatic rings. The lowest BCUT2D eigenvalue weighted by Gasteiger charge is -2.26. The van der Waals surface area contributed by atoms with Gasteiger partial charge in [-0.05, 0) is 37.8 Å². The number of aliphatic hydroxyl groups is 1. The predicted molar refractivity (Wildman–Crippen MR) is 151 cm³/mol.